The van der Waals surface area contributed by atoms with Gasteiger partial charge in [-0.2, -0.15) is 0 Å². The Balaban J connectivity index is 2.09. The quantitative estimate of drug-likeness (QED) is 0.485. The van der Waals surface area contributed by atoms with Gasteiger partial charge in [-0.25, -0.2) is 4.90 Å². The molecule has 2 aromatic carbocycles. The lowest BCUT2D eigenvalue weighted by molar-refractivity contribution is -0.120. The van der Waals surface area contributed by atoms with Gasteiger partial charge in [-0.1, -0.05) is 38.1 Å². The highest BCUT2D eigenvalue weighted by molar-refractivity contribution is 6.45. The maximum absolute atomic E-state index is 13.7. The first kappa shape index (κ1) is 24.5. The molecule has 33 heavy (non-hydrogen) atoms. The Labute approximate surface area is 195 Å². The van der Waals surface area contributed by atoms with Gasteiger partial charge in [0, 0.05) is 27.3 Å². The first-order valence-electron chi connectivity index (χ1n) is 11.0. The number of carbonyl (C=O) groups excluding carboxylic acids is 2. The Bertz CT molecular complexity index is 988. The van der Waals surface area contributed by atoms with Crippen molar-refractivity contribution in [2.45, 2.75) is 19.8 Å². The minimum atomic E-state index is -0.352. The van der Waals surface area contributed by atoms with E-state index in [9.17, 15) is 9.59 Å². The van der Waals surface area contributed by atoms with Crippen LogP contribution in [0.5, 0.6) is 5.75 Å². The first-order valence-corrected chi connectivity index (χ1v) is 11.0. The van der Waals surface area contributed by atoms with E-state index in [4.69, 9.17) is 14.2 Å². The van der Waals surface area contributed by atoms with Gasteiger partial charge in [0.1, 0.15) is 11.4 Å². The largest absolute Gasteiger partial charge is 0.497 e. The molecule has 0 radical (unpaired) electrons. The van der Waals surface area contributed by atoms with Crippen molar-refractivity contribution in [2.75, 3.05) is 52.5 Å². The summed E-state index contributed by atoms with van der Waals surface area (Å²) in [6, 6.07) is 14.7. The first-order chi connectivity index (χ1) is 15.9. The number of benzene rings is 2. The van der Waals surface area contributed by atoms with Crippen LogP contribution < -0.4 is 9.64 Å². The number of nitrogens with zero attached hydrogens (tertiary/aromatic N) is 2. The van der Waals surface area contributed by atoms with Crippen molar-refractivity contribution in [3.05, 3.63) is 65.4 Å². The van der Waals surface area contributed by atoms with E-state index in [1.165, 1.54) is 4.90 Å². The van der Waals surface area contributed by atoms with Crippen LogP contribution in [0.1, 0.15) is 30.9 Å². The van der Waals surface area contributed by atoms with Gasteiger partial charge in [-0.15, -0.1) is 0 Å². The number of hydrogen-bond donors (Lipinski definition) is 0. The van der Waals surface area contributed by atoms with Crippen molar-refractivity contribution in [1.82, 2.24) is 4.90 Å². The van der Waals surface area contributed by atoms with Crippen molar-refractivity contribution in [3.63, 3.8) is 0 Å². The summed E-state index contributed by atoms with van der Waals surface area (Å²) in [5.41, 5.74) is 3.07. The second-order valence-electron chi connectivity index (χ2n) is 8.12. The number of carbonyl (C=O) groups is 2. The van der Waals surface area contributed by atoms with E-state index < -0.39 is 0 Å². The third kappa shape index (κ3) is 5.26. The number of ether oxygens (including phenoxy) is 3. The number of anilines is 1. The molecule has 0 aliphatic carbocycles. The summed E-state index contributed by atoms with van der Waals surface area (Å²) in [5, 5.41) is 0. The van der Waals surface area contributed by atoms with Crippen LogP contribution in [-0.2, 0) is 19.1 Å². The van der Waals surface area contributed by atoms with Gasteiger partial charge >= 0.3 is 0 Å². The molecule has 7 heteroatoms. The lowest BCUT2D eigenvalue weighted by atomic mass is 10.0. The predicted octanol–water partition coefficient (Wildman–Crippen LogP) is 3.70. The molecule has 1 aliphatic heterocycles. The average Bonchev–Trinajstić information content (AvgIpc) is 3.09. The van der Waals surface area contributed by atoms with E-state index in [2.05, 4.69) is 13.8 Å². The van der Waals surface area contributed by atoms with Crippen LogP contribution in [0.25, 0.3) is 5.57 Å². The molecule has 7 nitrogen and oxygen atoms in total. The van der Waals surface area contributed by atoms with Crippen LogP contribution in [0, 0.1) is 0 Å². The summed E-state index contributed by atoms with van der Waals surface area (Å²) in [4.78, 5) is 30.5. The summed E-state index contributed by atoms with van der Waals surface area (Å²) in [6.07, 6.45) is 0. The molecule has 0 spiro atoms. The number of hydrogen-bond acceptors (Lipinski definition) is 6. The molecular formula is C26H32N2O5. The summed E-state index contributed by atoms with van der Waals surface area (Å²) >= 11 is 0. The van der Waals surface area contributed by atoms with Gasteiger partial charge in [-0.05, 0) is 41.3 Å². The van der Waals surface area contributed by atoms with Crippen molar-refractivity contribution in [2.24, 2.45) is 0 Å². The molecule has 3 rings (SSSR count). The molecule has 0 saturated heterocycles. The maximum Gasteiger partial charge on any atom is 0.282 e. The molecule has 0 aromatic heterocycles. The number of imide groups is 1. The molecule has 2 amide bonds. The van der Waals surface area contributed by atoms with Gasteiger partial charge in [-0.3, -0.25) is 9.59 Å². The normalized spacial score (nSPS) is 13.9. The molecular weight excluding hydrogens is 420 g/mol. The second-order valence-corrected chi connectivity index (χ2v) is 8.12. The SMILES string of the molecule is COCCN(CCOC)C1=C(c2ccc(OC)cc2)C(=O)N(c2ccc(C(C)C)cc2)C1=O. The van der Waals surface area contributed by atoms with Crippen molar-refractivity contribution < 1.29 is 23.8 Å². The summed E-state index contributed by atoms with van der Waals surface area (Å²) in [6.45, 7) is 5.93. The molecule has 2 aromatic rings. The molecule has 0 unspecified atom stereocenters. The Kier molecular flexibility index (Phi) is 8.25. The number of rotatable bonds is 11. The Morgan fingerprint density at radius 3 is 1.88 bits per heavy atom. The minimum absolute atomic E-state index is 0.350. The van der Waals surface area contributed by atoms with Gasteiger partial charge < -0.3 is 19.1 Å². The minimum Gasteiger partial charge on any atom is -0.497 e. The molecule has 0 bridgehead atoms. The van der Waals surface area contributed by atoms with Crippen LogP contribution in [0.2, 0.25) is 0 Å². The molecule has 0 atom stereocenters. The Morgan fingerprint density at radius 1 is 0.818 bits per heavy atom. The van der Waals surface area contributed by atoms with Gasteiger partial charge in [0.2, 0.25) is 0 Å². The molecule has 0 fully saturated rings. The molecule has 1 heterocycles. The predicted molar refractivity (Wildman–Crippen MR) is 128 cm³/mol. The maximum atomic E-state index is 13.7. The highest BCUT2D eigenvalue weighted by Crippen LogP contribution is 2.35. The Morgan fingerprint density at radius 2 is 1.39 bits per heavy atom. The van der Waals surface area contributed by atoms with Crippen LogP contribution in [-0.4, -0.2) is 64.3 Å². The van der Waals surface area contributed by atoms with E-state index in [1.807, 2.05) is 29.2 Å². The highest BCUT2D eigenvalue weighted by atomic mass is 16.5. The van der Waals surface area contributed by atoms with E-state index in [0.717, 1.165) is 5.56 Å². The van der Waals surface area contributed by atoms with Gasteiger partial charge in [0.25, 0.3) is 11.8 Å². The smallest absolute Gasteiger partial charge is 0.282 e. The zero-order chi connectivity index (χ0) is 24.0. The van der Waals surface area contributed by atoms with Crippen molar-refractivity contribution in [3.8, 4) is 5.75 Å². The fraction of sp³-hybridized carbons (Fsp3) is 0.385. The van der Waals surface area contributed by atoms with Gasteiger partial charge in [0.15, 0.2) is 0 Å². The van der Waals surface area contributed by atoms with E-state index in [-0.39, 0.29) is 11.8 Å². The lowest BCUT2D eigenvalue weighted by Gasteiger charge is -2.25. The zero-order valence-corrected chi connectivity index (χ0v) is 20.0. The molecule has 0 saturated carbocycles. The monoisotopic (exact) mass is 452 g/mol. The fourth-order valence-electron chi connectivity index (χ4n) is 3.81. The molecule has 0 N–H and O–H groups in total. The second kappa shape index (κ2) is 11.1. The third-order valence-corrected chi connectivity index (χ3v) is 5.70. The zero-order valence-electron chi connectivity index (χ0n) is 20.0. The van der Waals surface area contributed by atoms with Crippen LogP contribution >= 0.6 is 0 Å². The molecule has 1 aliphatic rings. The average molecular weight is 453 g/mol. The van der Waals surface area contributed by atoms with Crippen molar-refractivity contribution in [1.29, 1.82) is 0 Å². The van der Waals surface area contributed by atoms with Crippen LogP contribution in [0.4, 0.5) is 5.69 Å². The van der Waals surface area contributed by atoms with E-state index >= 15 is 0 Å². The highest BCUT2D eigenvalue weighted by Gasteiger charge is 2.42. The van der Waals surface area contributed by atoms with E-state index in [0.29, 0.717) is 60.5 Å². The number of methoxy groups -OCH3 is 3. The number of amides is 2. The Hall–Kier alpha value is -3.16. The summed E-state index contributed by atoms with van der Waals surface area (Å²) in [5.74, 6) is 0.327. The molecule has 176 valence electrons. The van der Waals surface area contributed by atoms with Gasteiger partial charge in [0.05, 0.1) is 31.6 Å². The standard InChI is InChI=1S/C26H32N2O5/c1-18(2)19-6-10-21(11-7-19)28-25(29)23(20-8-12-22(33-5)13-9-20)24(26(28)30)27(14-16-31-3)15-17-32-4/h6-13,18H,14-17H2,1-5H3. The summed E-state index contributed by atoms with van der Waals surface area (Å²) < 4.78 is 15.8. The topological polar surface area (TPSA) is 68.3 Å². The summed E-state index contributed by atoms with van der Waals surface area (Å²) in [7, 11) is 4.80. The van der Waals surface area contributed by atoms with E-state index in [1.54, 1.807) is 45.6 Å². The van der Waals surface area contributed by atoms with Crippen LogP contribution in [0.15, 0.2) is 54.2 Å². The third-order valence-electron chi connectivity index (χ3n) is 5.70. The lowest BCUT2D eigenvalue weighted by Crippen LogP contribution is -2.37. The fourth-order valence-corrected chi connectivity index (χ4v) is 3.81. The van der Waals surface area contributed by atoms with Crippen molar-refractivity contribution >= 4 is 23.1 Å². The van der Waals surface area contributed by atoms with Crippen LogP contribution in [0.3, 0.4) is 0 Å².